The minimum atomic E-state index is -0.0844. The van der Waals surface area contributed by atoms with Crippen molar-refractivity contribution in [3.63, 3.8) is 0 Å². The van der Waals surface area contributed by atoms with Crippen molar-refractivity contribution >= 4 is 0 Å². The van der Waals surface area contributed by atoms with Gasteiger partial charge in [0.15, 0.2) is 0 Å². The summed E-state index contributed by atoms with van der Waals surface area (Å²) in [6.45, 7) is 4.59. The zero-order valence-corrected chi connectivity index (χ0v) is 11.8. The number of aromatic nitrogens is 1. The molecule has 4 heteroatoms. The molecular formula is C15H24N2O2. The monoisotopic (exact) mass is 264 g/mol. The van der Waals surface area contributed by atoms with Crippen molar-refractivity contribution in [1.29, 1.82) is 0 Å². The van der Waals surface area contributed by atoms with Crippen LogP contribution in [-0.2, 0) is 13.2 Å². The maximum atomic E-state index is 10.1. The van der Waals surface area contributed by atoms with E-state index in [4.69, 9.17) is 0 Å². The van der Waals surface area contributed by atoms with Gasteiger partial charge in [-0.05, 0) is 25.7 Å². The highest BCUT2D eigenvalue weighted by atomic mass is 16.3. The van der Waals surface area contributed by atoms with E-state index in [0.29, 0.717) is 23.8 Å². The molecule has 1 heterocycles. The van der Waals surface area contributed by atoms with E-state index >= 15 is 0 Å². The van der Waals surface area contributed by atoms with Crippen LogP contribution in [-0.4, -0.2) is 21.2 Å². The first kappa shape index (κ1) is 14.3. The van der Waals surface area contributed by atoms with Gasteiger partial charge in [-0.25, -0.2) is 0 Å². The summed E-state index contributed by atoms with van der Waals surface area (Å²) >= 11 is 0. The third-order valence-corrected chi connectivity index (χ3v) is 4.10. The van der Waals surface area contributed by atoms with Crippen LogP contribution in [0, 0.1) is 12.8 Å². The van der Waals surface area contributed by atoms with Gasteiger partial charge >= 0.3 is 0 Å². The second-order valence-electron chi connectivity index (χ2n) is 5.70. The van der Waals surface area contributed by atoms with Gasteiger partial charge in [0.05, 0.1) is 12.3 Å². The number of aryl methyl sites for hydroxylation is 1. The largest absolute Gasteiger partial charge is 0.506 e. The molecule has 1 fully saturated rings. The van der Waals surface area contributed by atoms with Gasteiger partial charge in [0.2, 0.25) is 0 Å². The van der Waals surface area contributed by atoms with Gasteiger partial charge < -0.3 is 15.5 Å². The number of aromatic hydroxyl groups is 1. The molecule has 3 N–H and O–H groups in total. The molecule has 0 saturated heterocycles. The van der Waals surface area contributed by atoms with Crippen LogP contribution in [0.15, 0.2) is 6.20 Å². The third kappa shape index (κ3) is 3.45. The fraction of sp³-hybridized carbons (Fsp3) is 0.667. The zero-order chi connectivity index (χ0) is 13.8. The second kappa shape index (κ2) is 6.35. The molecule has 0 bridgehead atoms. The first-order valence-electron chi connectivity index (χ1n) is 7.12. The number of nitrogens with zero attached hydrogens (tertiary/aromatic N) is 1. The fourth-order valence-corrected chi connectivity index (χ4v) is 2.88. The van der Waals surface area contributed by atoms with Crippen LogP contribution in [0.2, 0.25) is 0 Å². The lowest BCUT2D eigenvalue weighted by molar-refractivity contribution is 0.275. The average Bonchev–Trinajstić information content (AvgIpc) is 2.40. The quantitative estimate of drug-likeness (QED) is 0.780. The van der Waals surface area contributed by atoms with E-state index in [-0.39, 0.29) is 12.4 Å². The summed E-state index contributed by atoms with van der Waals surface area (Å²) in [6.07, 6.45) is 6.63. The van der Waals surface area contributed by atoms with Crippen molar-refractivity contribution in [2.75, 3.05) is 0 Å². The molecule has 2 unspecified atom stereocenters. The van der Waals surface area contributed by atoms with Gasteiger partial charge in [-0.2, -0.15) is 0 Å². The van der Waals surface area contributed by atoms with Crippen LogP contribution >= 0.6 is 0 Å². The summed E-state index contributed by atoms with van der Waals surface area (Å²) in [5, 5.41) is 22.9. The Bertz CT molecular complexity index is 434. The summed E-state index contributed by atoms with van der Waals surface area (Å²) in [5.41, 5.74) is 2.11. The summed E-state index contributed by atoms with van der Waals surface area (Å²) < 4.78 is 0. The van der Waals surface area contributed by atoms with E-state index in [0.717, 1.165) is 11.5 Å². The van der Waals surface area contributed by atoms with Crippen LogP contribution in [0.3, 0.4) is 0 Å². The summed E-state index contributed by atoms with van der Waals surface area (Å²) in [4.78, 5) is 4.08. The first-order chi connectivity index (χ1) is 9.11. The second-order valence-corrected chi connectivity index (χ2v) is 5.70. The highest BCUT2D eigenvalue weighted by Gasteiger charge is 2.19. The Balaban J connectivity index is 2.04. The number of rotatable bonds is 4. The fourth-order valence-electron chi connectivity index (χ4n) is 2.88. The van der Waals surface area contributed by atoms with Crippen LogP contribution in [0.4, 0.5) is 0 Å². The Morgan fingerprint density at radius 2 is 2.21 bits per heavy atom. The van der Waals surface area contributed by atoms with Gasteiger partial charge in [0, 0.05) is 29.9 Å². The average molecular weight is 264 g/mol. The highest BCUT2D eigenvalue weighted by molar-refractivity contribution is 5.40. The van der Waals surface area contributed by atoms with Crippen molar-refractivity contribution in [2.24, 2.45) is 5.92 Å². The molecular weight excluding hydrogens is 240 g/mol. The van der Waals surface area contributed by atoms with E-state index in [1.165, 1.54) is 25.7 Å². The van der Waals surface area contributed by atoms with Crippen molar-refractivity contribution in [1.82, 2.24) is 10.3 Å². The predicted molar refractivity (Wildman–Crippen MR) is 74.8 cm³/mol. The number of hydrogen-bond donors (Lipinski definition) is 3. The lowest BCUT2D eigenvalue weighted by Crippen LogP contribution is -2.33. The Kier molecular flexibility index (Phi) is 4.77. The Hall–Kier alpha value is -1.13. The molecule has 0 aromatic carbocycles. The molecule has 0 radical (unpaired) electrons. The molecule has 1 aromatic heterocycles. The first-order valence-corrected chi connectivity index (χ1v) is 7.12. The molecule has 1 saturated carbocycles. The summed E-state index contributed by atoms with van der Waals surface area (Å²) in [5.74, 6) is 0.985. The number of pyridine rings is 1. The SMILES string of the molecule is Cc1ncc(CO)c(CNC2CCCC(C)C2)c1O. The van der Waals surface area contributed by atoms with Crippen LogP contribution in [0.25, 0.3) is 0 Å². The molecule has 4 nitrogen and oxygen atoms in total. The number of aliphatic hydroxyl groups excluding tert-OH is 1. The molecule has 2 rings (SSSR count). The molecule has 1 aliphatic rings. The lowest BCUT2D eigenvalue weighted by Gasteiger charge is -2.28. The smallest absolute Gasteiger partial charge is 0.141 e. The van der Waals surface area contributed by atoms with Crippen LogP contribution in [0.1, 0.15) is 49.4 Å². The molecule has 106 valence electrons. The maximum Gasteiger partial charge on any atom is 0.141 e. The number of nitrogens with one attached hydrogen (secondary N) is 1. The summed E-state index contributed by atoms with van der Waals surface area (Å²) in [6, 6.07) is 0.517. The van der Waals surface area contributed by atoms with Crippen molar-refractivity contribution < 1.29 is 10.2 Å². The molecule has 1 aliphatic carbocycles. The van der Waals surface area contributed by atoms with E-state index in [9.17, 15) is 10.2 Å². The van der Waals surface area contributed by atoms with E-state index in [2.05, 4.69) is 17.2 Å². The van der Waals surface area contributed by atoms with Crippen molar-refractivity contribution in [3.8, 4) is 5.75 Å². The lowest BCUT2D eigenvalue weighted by atomic mass is 9.87. The topological polar surface area (TPSA) is 65.4 Å². The van der Waals surface area contributed by atoms with E-state index in [1.807, 2.05) is 0 Å². The summed E-state index contributed by atoms with van der Waals surface area (Å²) in [7, 11) is 0. The van der Waals surface area contributed by atoms with Gasteiger partial charge in [0.1, 0.15) is 5.75 Å². The molecule has 1 aromatic rings. The standard InChI is InChI=1S/C15H24N2O2/c1-10-4-3-5-13(6-10)17-8-14-12(9-18)7-16-11(2)15(14)19/h7,10,13,17-19H,3-6,8-9H2,1-2H3. The number of aliphatic hydroxyl groups is 1. The minimum Gasteiger partial charge on any atom is -0.506 e. The minimum absolute atomic E-state index is 0.0844. The Morgan fingerprint density at radius 3 is 2.89 bits per heavy atom. The normalized spacial score (nSPS) is 23.5. The van der Waals surface area contributed by atoms with Gasteiger partial charge in [-0.15, -0.1) is 0 Å². The van der Waals surface area contributed by atoms with Gasteiger partial charge in [-0.1, -0.05) is 19.8 Å². The molecule has 19 heavy (non-hydrogen) atoms. The van der Waals surface area contributed by atoms with Crippen molar-refractivity contribution in [2.45, 2.75) is 58.7 Å². The van der Waals surface area contributed by atoms with E-state index in [1.54, 1.807) is 13.1 Å². The highest BCUT2D eigenvalue weighted by Crippen LogP contribution is 2.26. The predicted octanol–water partition coefficient (Wildman–Crippen LogP) is 2.26. The van der Waals surface area contributed by atoms with Crippen LogP contribution < -0.4 is 5.32 Å². The molecule has 0 aliphatic heterocycles. The molecule has 2 atom stereocenters. The third-order valence-electron chi connectivity index (χ3n) is 4.10. The van der Waals surface area contributed by atoms with Gasteiger partial charge in [0.25, 0.3) is 0 Å². The van der Waals surface area contributed by atoms with E-state index < -0.39 is 0 Å². The Morgan fingerprint density at radius 1 is 1.42 bits per heavy atom. The Labute approximate surface area is 114 Å². The zero-order valence-electron chi connectivity index (χ0n) is 11.8. The van der Waals surface area contributed by atoms with Gasteiger partial charge in [-0.3, -0.25) is 4.98 Å². The van der Waals surface area contributed by atoms with Crippen molar-refractivity contribution in [3.05, 3.63) is 23.0 Å². The maximum absolute atomic E-state index is 10.1. The van der Waals surface area contributed by atoms with Crippen LogP contribution in [0.5, 0.6) is 5.75 Å². The molecule has 0 amide bonds. The molecule has 0 spiro atoms. The number of hydrogen-bond acceptors (Lipinski definition) is 4.